The molecule has 1 aromatic carbocycles. The van der Waals surface area contributed by atoms with Crippen molar-refractivity contribution in [3.63, 3.8) is 0 Å². The molecule has 0 aliphatic carbocycles. The average Bonchev–Trinajstić information content (AvgIpc) is 2.19. The van der Waals surface area contributed by atoms with Gasteiger partial charge in [-0.3, -0.25) is 15.3 Å². The summed E-state index contributed by atoms with van der Waals surface area (Å²) in [5.41, 5.74) is 4.60. The van der Waals surface area contributed by atoms with Crippen LogP contribution in [0.3, 0.4) is 0 Å². The van der Waals surface area contributed by atoms with Crippen molar-refractivity contribution in [1.29, 1.82) is 0 Å². The largest absolute Gasteiger partial charge is 0.279 e. The van der Waals surface area contributed by atoms with Crippen LogP contribution in [0.2, 0.25) is 0 Å². The highest BCUT2D eigenvalue weighted by Gasteiger charge is 1.98. The third-order valence-electron chi connectivity index (χ3n) is 1.84. The minimum absolute atomic E-state index is 0.889. The second-order valence-electron chi connectivity index (χ2n) is 2.69. The monoisotopic (exact) mass is 174 g/mol. The van der Waals surface area contributed by atoms with Crippen LogP contribution in [-0.4, -0.2) is 12.1 Å². The number of para-hydroxylation sites is 1. The first kappa shape index (κ1) is 8.01. The Morgan fingerprint density at radius 2 is 2.08 bits per heavy atom. The van der Waals surface area contributed by atoms with Crippen molar-refractivity contribution in [1.82, 2.24) is 4.98 Å². The van der Waals surface area contributed by atoms with E-state index in [1.165, 1.54) is 0 Å². The average molecular weight is 174 g/mol. The molecular formula is C10H10N2O. The van der Waals surface area contributed by atoms with E-state index in [2.05, 4.69) is 10.5 Å². The van der Waals surface area contributed by atoms with Crippen LogP contribution < -0.4 is 5.48 Å². The minimum Gasteiger partial charge on any atom is -0.279 e. The van der Waals surface area contributed by atoms with Gasteiger partial charge in [-0.2, -0.15) is 0 Å². The fourth-order valence-corrected chi connectivity index (χ4v) is 1.30. The Kier molecular flexibility index (Phi) is 2.10. The minimum atomic E-state index is 0.889. The number of hydrogen-bond acceptors (Lipinski definition) is 3. The molecule has 1 N–H and O–H groups in total. The summed E-state index contributed by atoms with van der Waals surface area (Å²) in [6.45, 7) is 0. The van der Waals surface area contributed by atoms with Crippen LogP contribution in [0, 0.1) is 0 Å². The predicted molar refractivity (Wildman–Crippen MR) is 52.4 cm³/mol. The van der Waals surface area contributed by atoms with Crippen molar-refractivity contribution in [2.75, 3.05) is 12.6 Å². The van der Waals surface area contributed by atoms with E-state index in [0.717, 1.165) is 16.6 Å². The lowest BCUT2D eigenvalue weighted by atomic mass is 10.2. The maximum Gasteiger partial charge on any atom is 0.0956 e. The van der Waals surface area contributed by atoms with Gasteiger partial charge in [0.1, 0.15) is 0 Å². The Labute approximate surface area is 76.3 Å². The molecule has 0 saturated heterocycles. The number of anilines is 1. The molecule has 2 rings (SSSR count). The van der Waals surface area contributed by atoms with Gasteiger partial charge in [-0.25, -0.2) is 0 Å². The first-order valence-corrected chi connectivity index (χ1v) is 4.04. The van der Waals surface area contributed by atoms with Crippen LogP contribution >= 0.6 is 0 Å². The zero-order valence-electron chi connectivity index (χ0n) is 7.32. The first-order valence-electron chi connectivity index (χ1n) is 4.04. The number of nitrogens with zero attached hydrogens (tertiary/aromatic N) is 1. The molecule has 0 atom stereocenters. The second kappa shape index (κ2) is 3.41. The zero-order valence-corrected chi connectivity index (χ0v) is 7.32. The van der Waals surface area contributed by atoms with Crippen molar-refractivity contribution >= 4 is 16.6 Å². The van der Waals surface area contributed by atoms with E-state index in [-0.39, 0.29) is 0 Å². The Bertz CT molecular complexity index is 409. The van der Waals surface area contributed by atoms with E-state index in [1.54, 1.807) is 13.3 Å². The molecule has 0 aliphatic heterocycles. The van der Waals surface area contributed by atoms with Gasteiger partial charge in [0, 0.05) is 11.6 Å². The maximum atomic E-state index is 4.85. The van der Waals surface area contributed by atoms with Gasteiger partial charge in [-0.15, -0.1) is 0 Å². The van der Waals surface area contributed by atoms with Gasteiger partial charge in [-0.1, -0.05) is 18.2 Å². The predicted octanol–water partition coefficient (Wildman–Crippen LogP) is 2.21. The fourth-order valence-electron chi connectivity index (χ4n) is 1.30. The molecular weight excluding hydrogens is 164 g/mol. The SMILES string of the molecule is CONc1cccc2cccnc12. The van der Waals surface area contributed by atoms with E-state index in [9.17, 15) is 0 Å². The van der Waals surface area contributed by atoms with Gasteiger partial charge in [0.05, 0.1) is 18.3 Å². The molecule has 1 heterocycles. The first-order chi connectivity index (χ1) is 6.42. The van der Waals surface area contributed by atoms with Gasteiger partial charge < -0.3 is 0 Å². The number of aromatic nitrogens is 1. The highest BCUT2D eigenvalue weighted by atomic mass is 16.6. The molecule has 0 aliphatic rings. The van der Waals surface area contributed by atoms with Crippen molar-refractivity contribution in [3.8, 4) is 0 Å². The smallest absolute Gasteiger partial charge is 0.0956 e. The van der Waals surface area contributed by atoms with Crippen LogP contribution in [0.15, 0.2) is 36.5 Å². The molecule has 2 aromatic rings. The lowest BCUT2D eigenvalue weighted by Crippen LogP contribution is -1.96. The van der Waals surface area contributed by atoms with Gasteiger partial charge in [-0.05, 0) is 12.1 Å². The normalized spacial score (nSPS) is 10.2. The quantitative estimate of drug-likeness (QED) is 0.709. The summed E-state index contributed by atoms with van der Waals surface area (Å²) in [5, 5.41) is 1.10. The fraction of sp³-hybridized carbons (Fsp3) is 0.100. The van der Waals surface area contributed by atoms with E-state index < -0.39 is 0 Å². The standard InChI is InChI=1S/C10H10N2O/c1-13-12-9-6-2-4-8-5-3-7-11-10(8)9/h2-7,12H,1H3. The molecule has 0 radical (unpaired) electrons. The van der Waals surface area contributed by atoms with Crippen LogP contribution in [0.5, 0.6) is 0 Å². The topological polar surface area (TPSA) is 34.1 Å². The van der Waals surface area contributed by atoms with Gasteiger partial charge in [0.2, 0.25) is 0 Å². The Morgan fingerprint density at radius 3 is 2.92 bits per heavy atom. The summed E-state index contributed by atoms with van der Waals surface area (Å²) in [4.78, 5) is 9.10. The highest BCUT2D eigenvalue weighted by molar-refractivity contribution is 5.89. The zero-order chi connectivity index (χ0) is 9.10. The molecule has 13 heavy (non-hydrogen) atoms. The molecule has 66 valence electrons. The highest BCUT2D eigenvalue weighted by Crippen LogP contribution is 2.19. The number of benzene rings is 1. The van der Waals surface area contributed by atoms with Crippen molar-refractivity contribution < 1.29 is 4.84 Å². The molecule has 0 fully saturated rings. The van der Waals surface area contributed by atoms with Crippen molar-refractivity contribution in [3.05, 3.63) is 36.5 Å². The van der Waals surface area contributed by atoms with Crippen LogP contribution in [0.4, 0.5) is 5.69 Å². The summed E-state index contributed by atoms with van der Waals surface area (Å²) in [5.74, 6) is 0. The summed E-state index contributed by atoms with van der Waals surface area (Å²) in [6, 6.07) is 9.84. The van der Waals surface area contributed by atoms with Crippen LogP contribution in [-0.2, 0) is 4.84 Å². The van der Waals surface area contributed by atoms with Gasteiger partial charge >= 0.3 is 0 Å². The van der Waals surface area contributed by atoms with E-state index in [4.69, 9.17) is 4.84 Å². The molecule has 3 heteroatoms. The number of hydrogen-bond donors (Lipinski definition) is 1. The third-order valence-corrected chi connectivity index (χ3v) is 1.84. The summed E-state index contributed by atoms with van der Waals surface area (Å²) < 4.78 is 0. The molecule has 0 spiro atoms. The molecule has 0 saturated carbocycles. The van der Waals surface area contributed by atoms with E-state index in [0.29, 0.717) is 0 Å². The Morgan fingerprint density at radius 1 is 1.23 bits per heavy atom. The lowest BCUT2D eigenvalue weighted by Gasteiger charge is -2.05. The number of nitrogens with one attached hydrogen (secondary N) is 1. The number of rotatable bonds is 2. The lowest BCUT2D eigenvalue weighted by molar-refractivity contribution is 0.271. The van der Waals surface area contributed by atoms with E-state index >= 15 is 0 Å². The summed E-state index contributed by atoms with van der Waals surface area (Å²) in [7, 11) is 1.59. The molecule has 0 amide bonds. The third kappa shape index (κ3) is 1.46. The summed E-state index contributed by atoms with van der Waals surface area (Å²) in [6.07, 6.45) is 1.77. The maximum absolute atomic E-state index is 4.85. The van der Waals surface area contributed by atoms with Crippen LogP contribution in [0.1, 0.15) is 0 Å². The van der Waals surface area contributed by atoms with Crippen molar-refractivity contribution in [2.45, 2.75) is 0 Å². The number of pyridine rings is 1. The Balaban J connectivity index is 2.61. The van der Waals surface area contributed by atoms with E-state index in [1.807, 2.05) is 30.3 Å². The molecule has 3 nitrogen and oxygen atoms in total. The summed E-state index contributed by atoms with van der Waals surface area (Å²) >= 11 is 0. The molecule has 0 unspecified atom stereocenters. The number of fused-ring (bicyclic) bond motifs is 1. The van der Waals surface area contributed by atoms with Crippen molar-refractivity contribution in [2.24, 2.45) is 0 Å². The second-order valence-corrected chi connectivity index (χ2v) is 2.69. The molecule has 1 aromatic heterocycles. The molecule has 0 bridgehead atoms. The van der Waals surface area contributed by atoms with Gasteiger partial charge in [0.25, 0.3) is 0 Å². The van der Waals surface area contributed by atoms with Crippen LogP contribution in [0.25, 0.3) is 10.9 Å². The Hall–Kier alpha value is -1.61. The van der Waals surface area contributed by atoms with Gasteiger partial charge in [0.15, 0.2) is 0 Å².